The average Bonchev–Trinajstić information content (AvgIpc) is 2.91. The van der Waals surface area contributed by atoms with Gasteiger partial charge in [-0.15, -0.1) is 11.3 Å². The number of benzene rings is 2. The van der Waals surface area contributed by atoms with E-state index >= 15 is 0 Å². The van der Waals surface area contributed by atoms with Gasteiger partial charge in [-0.25, -0.2) is 9.18 Å². The van der Waals surface area contributed by atoms with E-state index < -0.39 is 0 Å². The molecule has 22 heavy (non-hydrogen) atoms. The number of esters is 1. The minimum Gasteiger partial charge on any atom is -0.459 e. The monoisotopic (exact) mass is 314 g/mol. The van der Waals surface area contributed by atoms with E-state index in [0.29, 0.717) is 4.88 Å². The zero-order valence-electron chi connectivity index (χ0n) is 12.3. The lowest BCUT2D eigenvalue weighted by molar-refractivity contribution is 0.0384. The van der Waals surface area contributed by atoms with Crippen molar-refractivity contribution in [1.29, 1.82) is 0 Å². The van der Waals surface area contributed by atoms with Crippen molar-refractivity contribution in [2.24, 2.45) is 0 Å². The Morgan fingerprint density at radius 3 is 2.55 bits per heavy atom. The maximum atomic E-state index is 13.1. The van der Waals surface area contributed by atoms with E-state index in [2.05, 4.69) is 0 Å². The highest BCUT2D eigenvalue weighted by Gasteiger charge is 2.15. The SMILES string of the molecule is CC(C)OC(=O)c1cc2c(-c3ccc(F)cc3)cccc2s1. The molecule has 0 unspecified atom stereocenters. The van der Waals surface area contributed by atoms with Gasteiger partial charge in [-0.3, -0.25) is 0 Å². The lowest BCUT2D eigenvalue weighted by atomic mass is 10.0. The van der Waals surface area contributed by atoms with Crippen molar-refractivity contribution < 1.29 is 13.9 Å². The smallest absolute Gasteiger partial charge is 0.348 e. The Morgan fingerprint density at radius 1 is 1.14 bits per heavy atom. The number of hydrogen-bond donors (Lipinski definition) is 0. The van der Waals surface area contributed by atoms with E-state index in [1.54, 1.807) is 12.1 Å². The first-order valence-electron chi connectivity index (χ1n) is 7.04. The summed E-state index contributed by atoms with van der Waals surface area (Å²) >= 11 is 1.41. The summed E-state index contributed by atoms with van der Waals surface area (Å²) in [6.07, 6.45) is -0.144. The molecule has 0 fully saturated rings. The van der Waals surface area contributed by atoms with E-state index in [1.807, 2.05) is 38.1 Å². The molecule has 3 rings (SSSR count). The zero-order chi connectivity index (χ0) is 15.7. The molecule has 0 radical (unpaired) electrons. The molecule has 0 spiro atoms. The predicted octanol–water partition coefficient (Wildman–Crippen LogP) is 5.27. The minimum atomic E-state index is -0.304. The summed E-state index contributed by atoms with van der Waals surface area (Å²) in [4.78, 5) is 12.6. The predicted molar refractivity (Wildman–Crippen MR) is 87.8 cm³/mol. The normalized spacial score (nSPS) is 11.1. The number of thiophene rings is 1. The molecule has 2 aromatic carbocycles. The van der Waals surface area contributed by atoms with Crippen LogP contribution in [0.5, 0.6) is 0 Å². The molecule has 0 aliphatic rings. The van der Waals surface area contributed by atoms with Crippen molar-refractivity contribution in [2.75, 3.05) is 0 Å². The number of fused-ring (bicyclic) bond motifs is 1. The van der Waals surface area contributed by atoms with Crippen LogP contribution >= 0.6 is 11.3 Å². The van der Waals surface area contributed by atoms with E-state index in [9.17, 15) is 9.18 Å². The first-order valence-corrected chi connectivity index (χ1v) is 7.86. The van der Waals surface area contributed by atoms with Gasteiger partial charge in [-0.1, -0.05) is 24.3 Å². The summed E-state index contributed by atoms with van der Waals surface area (Å²) in [6, 6.07) is 14.1. The van der Waals surface area contributed by atoms with E-state index in [-0.39, 0.29) is 17.9 Å². The Hall–Kier alpha value is -2.20. The van der Waals surface area contributed by atoms with Gasteiger partial charge in [0.05, 0.1) is 6.10 Å². The molecule has 0 saturated carbocycles. The van der Waals surface area contributed by atoms with Crippen LogP contribution in [0, 0.1) is 5.82 Å². The van der Waals surface area contributed by atoms with Crippen LogP contribution in [0.3, 0.4) is 0 Å². The Morgan fingerprint density at radius 2 is 1.86 bits per heavy atom. The number of halogens is 1. The average molecular weight is 314 g/mol. The van der Waals surface area contributed by atoms with Crippen molar-refractivity contribution in [3.05, 3.63) is 59.2 Å². The Balaban J connectivity index is 2.07. The fraction of sp³-hybridized carbons (Fsp3) is 0.167. The second-order valence-corrected chi connectivity index (χ2v) is 6.37. The molecule has 3 aromatic rings. The van der Waals surface area contributed by atoms with E-state index in [0.717, 1.165) is 21.2 Å². The summed E-state index contributed by atoms with van der Waals surface area (Å²) in [5.41, 5.74) is 1.91. The van der Waals surface area contributed by atoms with E-state index in [1.165, 1.54) is 23.5 Å². The number of carbonyl (C=O) groups excluding carboxylic acids is 1. The molecule has 0 atom stereocenters. The third-order valence-electron chi connectivity index (χ3n) is 3.26. The summed E-state index contributed by atoms with van der Waals surface area (Å²) in [5.74, 6) is -0.566. The highest BCUT2D eigenvalue weighted by Crippen LogP contribution is 2.34. The van der Waals surface area contributed by atoms with Crippen LogP contribution in [0.1, 0.15) is 23.5 Å². The van der Waals surface area contributed by atoms with Crippen LogP contribution in [0.2, 0.25) is 0 Å². The summed E-state index contributed by atoms with van der Waals surface area (Å²) in [5, 5.41) is 0.981. The summed E-state index contributed by atoms with van der Waals surface area (Å²) < 4.78 is 19.3. The molecule has 0 aliphatic heterocycles. The molecule has 1 heterocycles. The topological polar surface area (TPSA) is 26.3 Å². The van der Waals surface area contributed by atoms with Gasteiger partial charge in [-0.05, 0) is 49.2 Å². The first kappa shape index (κ1) is 14.7. The van der Waals surface area contributed by atoms with Crippen LogP contribution in [0.25, 0.3) is 21.2 Å². The molecule has 112 valence electrons. The van der Waals surface area contributed by atoms with Gasteiger partial charge in [0.15, 0.2) is 0 Å². The molecular formula is C18H15FO2S. The third-order valence-corrected chi connectivity index (χ3v) is 4.34. The molecule has 2 nitrogen and oxygen atoms in total. The highest BCUT2D eigenvalue weighted by molar-refractivity contribution is 7.20. The fourth-order valence-corrected chi connectivity index (χ4v) is 3.29. The van der Waals surface area contributed by atoms with Crippen molar-refractivity contribution in [3.8, 4) is 11.1 Å². The van der Waals surface area contributed by atoms with Crippen molar-refractivity contribution in [1.82, 2.24) is 0 Å². The quantitative estimate of drug-likeness (QED) is 0.615. The molecule has 0 bridgehead atoms. The van der Waals surface area contributed by atoms with Crippen molar-refractivity contribution in [3.63, 3.8) is 0 Å². The molecule has 0 aliphatic carbocycles. The second kappa shape index (κ2) is 5.89. The van der Waals surface area contributed by atoms with Crippen molar-refractivity contribution in [2.45, 2.75) is 20.0 Å². The van der Waals surface area contributed by atoms with Gasteiger partial charge in [0.25, 0.3) is 0 Å². The lowest BCUT2D eigenvalue weighted by Gasteiger charge is -2.05. The van der Waals surface area contributed by atoms with Gasteiger partial charge in [0.1, 0.15) is 10.7 Å². The van der Waals surface area contributed by atoms with Gasteiger partial charge < -0.3 is 4.74 Å². The third kappa shape index (κ3) is 2.88. The maximum Gasteiger partial charge on any atom is 0.348 e. The largest absolute Gasteiger partial charge is 0.459 e. The standard InChI is InChI=1S/C18H15FO2S/c1-11(2)21-18(20)17-10-15-14(4-3-5-16(15)22-17)12-6-8-13(19)9-7-12/h3-11H,1-2H3. The van der Waals surface area contributed by atoms with Crippen LogP contribution < -0.4 is 0 Å². The van der Waals surface area contributed by atoms with Gasteiger partial charge in [-0.2, -0.15) is 0 Å². The lowest BCUT2D eigenvalue weighted by Crippen LogP contribution is -2.09. The summed E-state index contributed by atoms with van der Waals surface area (Å²) in [7, 11) is 0. The zero-order valence-corrected chi connectivity index (χ0v) is 13.1. The molecule has 4 heteroatoms. The molecule has 0 saturated heterocycles. The second-order valence-electron chi connectivity index (χ2n) is 5.29. The molecular weight excluding hydrogens is 299 g/mol. The highest BCUT2D eigenvalue weighted by atomic mass is 32.1. The first-order chi connectivity index (χ1) is 10.5. The number of ether oxygens (including phenoxy) is 1. The molecule has 0 amide bonds. The van der Waals surface area contributed by atoms with E-state index in [4.69, 9.17) is 4.74 Å². The molecule has 0 N–H and O–H groups in total. The maximum absolute atomic E-state index is 13.1. The Bertz CT molecular complexity index is 819. The fourth-order valence-electron chi connectivity index (χ4n) is 2.31. The minimum absolute atomic E-state index is 0.144. The summed E-state index contributed by atoms with van der Waals surface area (Å²) in [6.45, 7) is 3.66. The van der Waals surface area contributed by atoms with Crippen LogP contribution in [0.4, 0.5) is 4.39 Å². The molecule has 1 aromatic heterocycles. The van der Waals surface area contributed by atoms with Crippen LogP contribution in [-0.2, 0) is 4.74 Å². The Labute approximate surface area is 132 Å². The van der Waals surface area contributed by atoms with Crippen molar-refractivity contribution >= 4 is 27.4 Å². The number of carbonyl (C=O) groups is 1. The van der Waals surface area contributed by atoms with Gasteiger partial charge >= 0.3 is 5.97 Å². The number of hydrogen-bond acceptors (Lipinski definition) is 3. The Kier molecular flexibility index (Phi) is 3.94. The van der Waals surface area contributed by atoms with Gasteiger partial charge in [0.2, 0.25) is 0 Å². The number of rotatable bonds is 3. The van der Waals surface area contributed by atoms with Gasteiger partial charge in [0, 0.05) is 10.1 Å². The van der Waals surface area contributed by atoms with Crippen LogP contribution in [0.15, 0.2) is 48.5 Å². The van der Waals surface area contributed by atoms with Crippen LogP contribution in [-0.4, -0.2) is 12.1 Å².